The summed E-state index contributed by atoms with van der Waals surface area (Å²) in [6, 6.07) is 7.24. The number of ether oxygens (including phenoxy) is 2. The minimum absolute atomic E-state index is 0.224. The van der Waals surface area contributed by atoms with Gasteiger partial charge >= 0.3 is 0 Å². The minimum atomic E-state index is -0.224. The fourth-order valence-electron chi connectivity index (χ4n) is 1.70. The van der Waals surface area contributed by atoms with E-state index in [0.29, 0.717) is 21.5 Å². The zero-order chi connectivity index (χ0) is 13.9. The second-order valence-electron chi connectivity index (χ2n) is 4.46. The minimum Gasteiger partial charge on any atom is -0.490 e. The number of hydrogen-bond acceptors (Lipinski definition) is 5. The number of nitrogens with one attached hydrogen (secondary N) is 1. The summed E-state index contributed by atoms with van der Waals surface area (Å²) in [7, 11) is 1.57. The summed E-state index contributed by atoms with van der Waals surface area (Å²) in [4.78, 5) is 16.3. The van der Waals surface area contributed by atoms with Crippen LogP contribution in [0.15, 0.2) is 30.5 Å². The third-order valence-corrected chi connectivity index (χ3v) is 3.73. The summed E-state index contributed by atoms with van der Waals surface area (Å²) in [6.45, 7) is 0. The number of nitrogens with zero attached hydrogens (tertiary/aromatic N) is 1. The molecule has 20 heavy (non-hydrogen) atoms. The molecule has 1 heterocycles. The van der Waals surface area contributed by atoms with Gasteiger partial charge in [0.15, 0.2) is 10.2 Å². The normalized spacial score (nSPS) is 13.8. The van der Waals surface area contributed by atoms with Crippen LogP contribution in [0.3, 0.4) is 0 Å². The van der Waals surface area contributed by atoms with Gasteiger partial charge in [-0.05, 0) is 25.0 Å². The van der Waals surface area contributed by atoms with Crippen LogP contribution in [0.4, 0.5) is 5.13 Å². The Morgan fingerprint density at radius 3 is 2.90 bits per heavy atom. The van der Waals surface area contributed by atoms with Gasteiger partial charge in [-0.1, -0.05) is 23.5 Å². The molecule has 0 aliphatic heterocycles. The molecule has 3 rings (SSSR count). The maximum Gasteiger partial charge on any atom is 0.261 e. The van der Waals surface area contributed by atoms with Crippen molar-refractivity contribution in [3.05, 3.63) is 36.0 Å². The van der Waals surface area contributed by atoms with Crippen LogP contribution in [-0.4, -0.2) is 24.1 Å². The highest BCUT2D eigenvalue weighted by Gasteiger charge is 2.25. The maximum atomic E-state index is 12.3. The van der Waals surface area contributed by atoms with E-state index >= 15 is 0 Å². The quantitative estimate of drug-likeness (QED) is 0.919. The van der Waals surface area contributed by atoms with E-state index < -0.39 is 0 Å². The lowest BCUT2D eigenvalue weighted by Gasteiger charge is -2.09. The number of rotatable bonds is 5. The highest BCUT2D eigenvalue weighted by Crippen LogP contribution is 2.30. The number of aromatic nitrogens is 1. The molecule has 1 N–H and O–H groups in total. The van der Waals surface area contributed by atoms with Crippen molar-refractivity contribution >= 4 is 22.4 Å². The van der Waals surface area contributed by atoms with Gasteiger partial charge in [0.1, 0.15) is 5.75 Å². The van der Waals surface area contributed by atoms with Crippen LogP contribution < -0.4 is 14.8 Å². The first-order chi connectivity index (χ1) is 9.76. The number of thiazole rings is 1. The third kappa shape index (κ3) is 2.91. The lowest BCUT2D eigenvalue weighted by atomic mass is 10.2. The molecule has 0 unspecified atom stereocenters. The molecule has 2 aromatic rings. The van der Waals surface area contributed by atoms with Gasteiger partial charge in [0.05, 0.1) is 25.0 Å². The van der Waals surface area contributed by atoms with Gasteiger partial charge < -0.3 is 9.47 Å². The van der Waals surface area contributed by atoms with Gasteiger partial charge in [-0.25, -0.2) is 4.98 Å². The van der Waals surface area contributed by atoms with Gasteiger partial charge in [-0.2, -0.15) is 0 Å². The lowest BCUT2D eigenvalue weighted by Crippen LogP contribution is -2.13. The lowest BCUT2D eigenvalue weighted by molar-refractivity contribution is 0.102. The summed E-state index contributed by atoms with van der Waals surface area (Å²) < 4.78 is 10.8. The largest absolute Gasteiger partial charge is 0.490 e. The van der Waals surface area contributed by atoms with Crippen LogP contribution in [-0.2, 0) is 0 Å². The van der Waals surface area contributed by atoms with Crippen molar-refractivity contribution in [1.82, 2.24) is 4.98 Å². The molecule has 104 valence electrons. The molecule has 1 aromatic carbocycles. The van der Waals surface area contributed by atoms with Crippen LogP contribution in [0.25, 0.3) is 0 Å². The highest BCUT2D eigenvalue weighted by molar-refractivity contribution is 7.17. The number of methoxy groups -OCH3 is 1. The Bertz CT molecular complexity index is 622. The molecule has 0 saturated heterocycles. The van der Waals surface area contributed by atoms with Crippen LogP contribution in [0.5, 0.6) is 10.8 Å². The first kappa shape index (κ1) is 12.9. The van der Waals surface area contributed by atoms with Crippen LogP contribution >= 0.6 is 11.3 Å². The molecule has 1 aliphatic carbocycles. The number of benzene rings is 1. The smallest absolute Gasteiger partial charge is 0.261 e. The molecular weight excluding hydrogens is 276 g/mol. The van der Waals surface area contributed by atoms with E-state index in [4.69, 9.17) is 9.47 Å². The van der Waals surface area contributed by atoms with Crippen LogP contribution in [0.2, 0.25) is 0 Å². The first-order valence-corrected chi connectivity index (χ1v) is 7.15. The zero-order valence-electron chi connectivity index (χ0n) is 11.0. The van der Waals surface area contributed by atoms with Crippen molar-refractivity contribution in [3.8, 4) is 10.8 Å². The fraction of sp³-hybridized carbons (Fsp3) is 0.286. The van der Waals surface area contributed by atoms with E-state index in [0.717, 1.165) is 12.8 Å². The van der Waals surface area contributed by atoms with Crippen molar-refractivity contribution in [1.29, 1.82) is 0 Å². The Morgan fingerprint density at radius 1 is 1.40 bits per heavy atom. The monoisotopic (exact) mass is 290 g/mol. The van der Waals surface area contributed by atoms with E-state index in [9.17, 15) is 4.79 Å². The predicted molar refractivity (Wildman–Crippen MR) is 76.7 cm³/mol. The van der Waals surface area contributed by atoms with Crippen molar-refractivity contribution in [2.75, 3.05) is 12.4 Å². The first-order valence-electron chi connectivity index (χ1n) is 6.33. The molecule has 0 spiro atoms. The maximum absolute atomic E-state index is 12.3. The SMILES string of the molecule is COc1cnc(NC(=O)c2ccccc2OC2CC2)s1. The van der Waals surface area contributed by atoms with Crippen molar-refractivity contribution in [3.63, 3.8) is 0 Å². The Kier molecular flexibility index (Phi) is 3.56. The summed E-state index contributed by atoms with van der Waals surface area (Å²) in [5.41, 5.74) is 0.522. The van der Waals surface area contributed by atoms with Gasteiger partial charge in [-0.15, -0.1) is 0 Å². The summed E-state index contributed by atoms with van der Waals surface area (Å²) >= 11 is 1.28. The predicted octanol–water partition coefficient (Wildman–Crippen LogP) is 2.95. The van der Waals surface area contributed by atoms with Gasteiger partial charge in [0, 0.05) is 0 Å². The van der Waals surface area contributed by atoms with E-state index in [2.05, 4.69) is 10.3 Å². The highest BCUT2D eigenvalue weighted by atomic mass is 32.1. The Hall–Kier alpha value is -2.08. The molecule has 1 aromatic heterocycles. The van der Waals surface area contributed by atoms with E-state index in [1.54, 1.807) is 19.4 Å². The van der Waals surface area contributed by atoms with E-state index in [1.807, 2.05) is 18.2 Å². The van der Waals surface area contributed by atoms with Crippen molar-refractivity contribution in [2.24, 2.45) is 0 Å². The molecule has 0 atom stereocenters. The number of carbonyl (C=O) groups is 1. The molecule has 1 saturated carbocycles. The standard InChI is InChI=1S/C14H14N2O3S/c1-18-12-8-15-14(20-12)16-13(17)10-4-2-3-5-11(10)19-9-6-7-9/h2-5,8-9H,6-7H2,1H3,(H,15,16,17). The molecule has 6 heteroatoms. The molecule has 1 aliphatic rings. The molecule has 1 fully saturated rings. The summed E-state index contributed by atoms with van der Waals surface area (Å²) in [6.07, 6.45) is 3.94. The van der Waals surface area contributed by atoms with Gasteiger partial charge in [0.2, 0.25) is 0 Å². The van der Waals surface area contributed by atoms with E-state index in [-0.39, 0.29) is 12.0 Å². The Morgan fingerprint density at radius 2 is 2.20 bits per heavy atom. The average Bonchev–Trinajstić information content (AvgIpc) is 3.16. The van der Waals surface area contributed by atoms with Crippen molar-refractivity contribution < 1.29 is 14.3 Å². The second-order valence-corrected chi connectivity index (χ2v) is 5.45. The zero-order valence-corrected chi connectivity index (χ0v) is 11.8. The average molecular weight is 290 g/mol. The Balaban J connectivity index is 1.75. The molecule has 5 nitrogen and oxygen atoms in total. The number of para-hydroxylation sites is 1. The number of amides is 1. The van der Waals surface area contributed by atoms with E-state index in [1.165, 1.54) is 11.3 Å². The summed E-state index contributed by atoms with van der Waals surface area (Å²) in [5, 5.41) is 3.92. The summed E-state index contributed by atoms with van der Waals surface area (Å²) in [5.74, 6) is 0.397. The molecule has 0 bridgehead atoms. The molecule has 1 amide bonds. The fourth-order valence-corrected chi connectivity index (χ4v) is 2.33. The molecule has 0 radical (unpaired) electrons. The topological polar surface area (TPSA) is 60.5 Å². The number of anilines is 1. The van der Waals surface area contributed by atoms with Gasteiger partial charge in [-0.3, -0.25) is 10.1 Å². The molecular formula is C14H14N2O3S. The van der Waals surface area contributed by atoms with Crippen molar-refractivity contribution in [2.45, 2.75) is 18.9 Å². The van der Waals surface area contributed by atoms with Crippen LogP contribution in [0, 0.1) is 0 Å². The van der Waals surface area contributed by atoms with Crippen LogP contribution in [0.1, 0.15) is 23.2 Å². The second kappa shape index (κ2) is 5.50. The van der Waals surface area contributed by atoms with Gasteiger partial charge in [0.25, 0.3) is 5.91 Å². The number of carbonyl (C=O) groups excluding carboxylic acids is 1. The Labute approximate surface area is 120 Å². The third-order valence-electron chi connectivity index (χ3n) is 2.86. The number of hydrogen-bond donors (Lipinski definition) is 1.